The number of carbonyl (C=O) groups is 1. The summed E-state index contributed by atoms with van der Waals surface area (Å²) in [5, 5.41) is 3.70. The quantitative estimate of drug-likeness (QED) is 0.878. The smallest absolute Gasteiger partial charge is 0.254 e. The first-order chi connectivity index (χ1) is 9.69. The minimum atomic E-state index is -0.153. The molecule has 1 heterocycles. The Balaban J connectivity index is 2.46. The van der Waals surface area contributed by atoms with Crippen LogP contribution in [0.1, 0.15) is 42.6 Å². The molecule has 2 aromatic rings. The monoisotopic (exact) mass is 271 g/mol. The Morgan fingerprint density at radius 3 is 2.80 bits per heavy atom. The average molecular weight is 271 g/mol. The number of aromatic nitrogens is 1. The number of nitrogens with two attached hydrogens (primary N) is 1. The van der Waals surface area contributed by atoms with Crippen molar-refractivity contribution in [2.75, 3.05) is 12.3 Å². The van der Waals surface area contributed by atoms with E-state index in [9.17, 15) is 4.79 Å². The molecule has 3 N–H and O–H groups in total. The van der Waals surface area contributed by atoms with Gasteiger partial charge in [-0.2, -0.15) is 0 Å². The Bertz CT molecular complexity index is 622. The molecule has 4 nitrogen and oxygen atoms in total. The van der Waals surface area contributed by atoms with E-state index in [0.29, 0.717) is 17.8 Å². The number of rotatable bonds is 5. The van der Waals surface area contributed by atoms with Crippen molar-refractivity contribution in [2.24, 2.45) is 0 Å². The van der Waals surface area contributed by atoms with Gasteiger partial charge in [-0.25, -0.2) is 0 Å². The number of benzene rings is 1. The second kappa shape index (κ2) is 6.37. The molecule has 0 saturated heterocycles. The number of amides is 1. The van der Waals surface area contributed by atoms with Gasteiger partial charge in [0, 0.05) is 18.1 Å². The lowest BCUT2D eigenvalue weighted by molar-refractivity contribution is 0.0954. The van der Waals surface area contributed by atoms with E-state index in [2.05, 4.69) is 23.3 Å². The van der Waals surface area contributed by atoms with Gasteiger partial charge in [0.05, 0.1) is 16.8 Å². The van der Waals surface area contributed by atoms with Crippen LogP contribution in [0.2, 0.25) is 0 Å². The van der Waals surface area contributed by atoms with Crippen LogP contribution >= 0.6 is 0 Å². The number of para-hydroxylation sites is 1. The molecule has 1 aromatic heterocycles. The fourth-order valence-corrected chi connectivity index (χ4v) is 2.29. The van der Waals surface area contributed by atoms with Crippen molar-refractivity contribution >= 4 is 22.5 Å². The topological polar surface area (TPSA) is 68.0 Å². The van der Waals surface area contributed by atoms with Crippen LogP contribution in [-0.2, 0) is 6.42 Å². The maximum atomic E-state index is 12.0. The van der Waals surface area contributed by atoms with Gasteiger partial charge < -0.3 is 11.1 Å². The lowest BCUT2D eigenvalue weighted by Crippen LogP contribution is -2.25. The number of nitrogens with one attached hydrogen (secondary N) is 1. The summed E-state index contributed by atoms with van der Waals surface area (Å²) in [5.41, 5.74) is 9.21. The van der Waals surface area contributed by atoms with Crippen molar-refractivity contribution in [1.29, 1.82) is 0 Å². The van der Waals surface area contributed by atoms with Crippen LogP contribution in [0.3, 0.4) is 0 Å². The first kappa shape index (κ1) is 14.3. The normalized spacial score (nSPS) is 10.7. The molecule has 0 aliphatic carbocycles. The van der Waals surface area contributed by atoms with Crippen molar-refractivity contribution in [2.45, 2.75) is 33.1 Å². The number of aryl methyl sites for hydroxylation is 1. The Hall–Kier alpha value is -2.10. The molecule has 0 aliphatic heterocycles. The number of hydrogen-bond donors (Lipinski definition) is 2. The third-order valence-corrected chi connectivity index (χ3v) is 3.32. The van der Waals surface area contributed by atoms with Crippen molar-refractivity contribution in [3.05, 3.63) is 35.5 Å². The molecule has 1 aromatic carbocycles. The Kier molecular flexibility index (Phi) is 4.56. The van der Waals surface area contributed by atoms with E-state index in [0.717, 1.165) is 30.2 Å². The molecule has 2 rings (SSSR count). The SMILES string of the molecule is CCCNC(=O)c1cnc2c(CCC)cccc2c1N. The molecule has 1 amide bonds. The fourth-order valence-electron chi connectivity index (χ4n) is 2.29. The fraction of sp³-hybridized carbons (Fsp3) is 0.375. The molecular weight excluding hydrogens is 250 g/mol. The predicted octanol–water partition coefficient (Wildman–Crippen LogP) is 2.91. The molecule has 0 atom stereocenters. The summed E-state index contributed by atoms with van der Waals surface area (Å²) < 4.78 is 0. The average Bonchev–Trinajstić information content (AvgIpc) is 2.46. The number of hydrogen-bond acceptors (Lipinski definition) is 3. The summed E-state index contributed by atoms with van der Waals surface area (Å²) in [4.78, 5) is 16.5. The molecule has 0 fully saturated rings. The van der Waals surface area contributed by atoms with Crippen LogP contribution in [0.4, 0.5) is 5.69 Å². The summed E-state index contributed by atoms with van der Waals surface area (Å²) in [7, 11) is 0. The second-order valence-corrected chi connectivity index (χ2v) is 4.90. The van der Waals surface area contributed by atoms with Gasteiger partial charge in [0.2, 0.25) is 0 Å². The third kappa shape index (κ3) is 2.74. The molecule has 20 heavy (non-hydrogen) atoms. The van der Waals surface area contributed by atoms with Gasteiger partial charge in [-0.1, -0.05) is 38.5 Å². The van der Waals surface area contributed by atoms with Gasteiger partial charge in [-0.05, 0) is 18.4 Å². The summed E-state index contributed by atoms with van der Waals surface area (Å²) in [6.45, 7) is 4.79. The summed E-state index contributed by atoms with van der Waals surface area (Å²) in [6.07, 6.45) is 4.50. The van der Waals surface area contributed by atoms with Gasteiger partial charge in [0.1, 0.15) is 0 Å². The van der Waals surface area contributed by atoms with E-state index in [4.69, 9.17) is 5.73 Å². The minimum Gasteiger partial charge on any atom is -0.397 e. The first-order valence-corrected chi connectivity index (χ1v) is 7.13. The molecule has 0 aliphatic rings. The number of nitrogen functional groups attached to an aromatic ring is 1. The number of anilines is 1. The number of nitrogens with zero attached hydrogens (tertiary/aromatic N) is 1. The van der Waals surface area contributed by atoms with Crippen molar-refractivity contribution < 1.29 is 4.79 Å². The Morgan fingerprint density at radius 1 is 1.30 bits per heavy atom. The zero-order chi connectivity index (χ0) is 14.5. The lowest BCUT2D eigenvalue weighted by atomic mass is 10.0. The second-order valence-electron chi connectivity index (χ2n) is 4.90. The van der Waals surface area contributed by atoms with Gasteiger partial charge in [-0.3, -0.25) is 9.78 Å². The summed E-state index contributed by atoms with van der Waals surface area (Å²) in [5.74, 6) is -0.153. The highest BCUT2D eigenvalue weighted by molar-refractivity contribution is 6.06. The number of fused-ring (bicyclic) bond motifs is 1. The number of carbonyl (C=O) groups excluding carboxylic acids is 1. The molecule has 0 spiro atoms. The first-order valence-electron chi connectivity index (χ1n) is 7.13. The van der Waals surface area contributed by atoms with Crippen LogP contribution in [-0.4, -0.2) is 17.4 Å². The van der Waals surface area contributed by atoms with Crippen LogP contribution in [0.15, 0.2) is 24.4 Å². The van der Waals surface area contributed by atoms with Crippen LogP contribution in [0, 0.1) is 0 Å². The van der Waals surface area contributed by atoms with E-state index in [1.54, 1.807) is 6.20 Å². The van der Waals surface area contributed by atoms with E-state index in [-0.39, 0.29) is 5.91 Å². The number of pyridine rings is 1. The van der Waals surface area contributed by atoms with E-state index >= 15 is 0 Å². The molecule has 0 saturated carbocycles. The highest BCUT2D eigenvalue weighted by atomic mass is 16.1. The van der Waals surface area contributed by atoms with E-state index in [1.807, 2.05) is 19.1 Å². The lowest BCUT2D eigenvalue weighted by Gasteiger charge is -2.11. The van der Waals surface area contributed by atoms with Crippen molar-refractivity contribution in [3.8, 4) is 0 Å². The zero-order valence-corrected chi connectivity index (χ0v) is 12.1. The van der Waals surface area contributed by atoms with Gasteiger partial charge in [0.25, 0.3) is 5.91 Å². The van der Waals surface area contributed by atoms with Crippen LogP contribution in [0.25, 0.3) is 10.9 Å². The summed E-state index contributed by atoms with van der Waals surface area (Å²) in [6, 6.07) is 5.96. The minimum absolute atomic E-state index is 0.153. The van der Waals surface area contributed by atoms with Crippen LogP contribution < -0.4 is 11.1 Å². The van der Waals surface area contributed by atoms with Gasteiger partial charge >= 0.3 is 0 Å². The molecule has 0 bridgehead atoms. The molecule has 4 heteroatoms. The van der Waals surface area contributed by atoms with Crippen molar-refractivity contribution in [3.63, 3.8) is 0 Å². The standard InChI is InChI=1S/C16H21N3O/c1-3-6-11-7-5-8-12-14(17)13(10-19-15(11)12)16(20)18-9-4-2/h5,7-8,10H,3-4,6,9H2,1-2H3,(H2,17,19)(H,18,20). The van der Waals surface area contributed by atoms with Gasteiger partial charge in [-0.15, -0.1) is 0 Å². The molecular formula is C16H21N3O. The Labute approximate surface area is 119 Å². The molecule has 106 valence electrons. The van der Waals surface area contributed by atoms with Crippen molar-refractivity contribution in [1.82, 2.24) is 10.3 Å². The highest BCUT2D eigenvalue weighted by Gasteiger charge is 2.14. The third-order valence-electron chi connectivity index (χ3n) is 3.32. The van der Waals surface area contributed by atoms with E-state index in [1.165, 1.54) is 5.56 Å². The zero-order valence-electron chi connectivity index (χ0n) is 12.1. The maximum Gasteiger partial charge on any atom is 0.254 e. The largest absolute Gasteiger partial charge is 0.397 e. The maximum absolute atomic E-state index is 12.0. The van der Waals surface area contributed by atoms with E-state index < -0.39 is 0 Å². The highest BCUT2D eigenvalue weighted by Crippen LogP contribution is 2.26. The predicted molar refractivity (Wildman–Crippen MR) is 82.8 cm³/mol. The van der Waals surface area contributed by atoms with Crippen LogP contribution in [0.5, 0.6) is 0 Å². The molecule has 0 unspecified atom stereocenters. The van der Waals surface area contributed by atoms with Gasteiger partial charge in [0.15, 0.2) is 0 Å². The summed E-state index contributed by atoms with van der Waals surface area (Å²) >= 11 is 0. The molecule has 0 radical (unpaired) electrons. The Morgan fingerprint density at radius 2 is 2.10 bits per heavy atom.